The highest BCUT2D eigenvalue weighted by molar-refractivity contribution is 14.0. The average molecular weight is 525 g/mol. The monoisotopic (exact) mass is 525 g/mol. The van der Waals surface area contributed by atoms with Crippen LogP contribution in [0.2, 0.25) is 0 Å². The number of guanidine groups is 1. The molecule has 28 heavy (non-hydrogen) atoms. The largest absolute Gasteiger partial charge is 0.378 e. The average Bonchev–Trinajstić information content (AvgIpc) is 2.58. The van der Waals surface area contributed by atoms with Crippen LogP contribution in [-0.4, -0.2) is 52.5 Å². The molecule has 2 fully saturated rings. The fourth-order valence-corrected chi connectivity index (χ4v) is 5.35. The lowest BCUT2D eigenvalue weighted by Crippen LogP contribution is -2.68. The van der Waals surface area contributed by atoms with Crippen molar-refractivity contribution in [2.45, 2.75) is 49.6 Å². The van der Waals surface area contributed by atoms with Crippen molar-refractivity contribution in [1.29, 1.82) is 0 Å². The van der Waals surface area contributed by atoms with Crippen LogP contribution in [0.5, 0.6) is 0 Å². The highest BCUT2D eigenvalue weighted by atomic mass is 127. The fourth-order valence-electron chi connectivity index (χ4n) is 4.11. The molecule has 0 aromatic heterocycles. The van der Waals surface area contributed by atoms with Crippen molar-refractivity contribution >= 4 is 39.8 Å². The maximum absolute atomic E-state index is 13.7. The van der Waals surface area contributed by atoms with E-state index in [9.17, 15) is 12.8 Å². The second-order valence-electron chi connectivity index (χ2n) is 7.21. The zero-order valence-electron chi connectivity index (χ0n) is 16.3. The van der Waals surface area contributed by atoms with Gasteiger partial charge in [0.15, 0.2) is 15.8 Å². The van der Waals surface area contributed by atoms with Crippen molar-refractivity contribution in [3.8, 4) is 0 Å². The van der Waals surface area contributed by atoms with Gasteiger partial charge in [-0.1, -0.05) is 18.6 Å². The van der Waals surface area contributed by atoms with E-state index in [4.69, 9.17) is 4.74 Å². The number of nitrogens with one attached hydrogen (secondary N) is 2. The zero-order valence-corrected chi connectivity index (χ0v) is 19.4. The summed E-state index contributed by atoms with van der Waals surface area (Å²) in [6.45, 7) is 2.90. The molecule has 2 unspecified atom stereocenters. The van der Waals surface area contributed by atoms with Crippen LogP contribution in [-0.2, 0) is 14.6 Å². The first kappa shape index (κ1) is 23.3. The Bertz CT molecular complexity index is 799. The molecule has 1 aromatic carbocycles. The summed E-state index contributed by atoms with van der Waals surface area (Å²) in [4.78, 5) is 3.94. The lowest BCUT2D eigenvalue weighted by molar-refractivity contribution is -0.168. The van der Waals surface area contributed by atoms with E-state index in [0.29, 0.717) is 12.1 Å². The Balaban J connectivity index is 0.00000280. The molecule has 1 spiro atoms. The molecule has 0 heterocycles. The number of rotatable bonds is 7. The third kappa shape index (κ3) is 4.62. The number of ether oxygens (including phenoxy) is 1. The molecule has 0 aliphatic heterocycles. The van der Waals surface area contributed by atoms with Gasteiger partial charge in [-0.25, -0.2) is 12.8 Å². The summed E-state index contributed by atoms with van der Waals surface area (Å²) in [5.41, 5.74) is 0.187. The van der Waals surface area contributed by atoms with Gasteiger partial charge in [-0.2, -0.15) is 0 Å². The van der Waals surface area contributed by atoms with E-state index in [2.05, 4.69) is 15.6 Å². The third-order valence-electron chi connectivity index (χ3n) is 5.81. The lowest BCUT2D eigenvalue weighted by Gasteiger charge is -2.61. The molecule has 2 atom stereocenters. The van der Waals surface area contributed by atoms with Crippen molar-refractivity contribution in [1.82, 2.24) is 10.6 Å². The van der Waals surface area contributed by atoms with Crippen LogP contribution in [0.15, 0.2) is 34.2 Å². The molecule has 9 heteroatoms. The van der Waals surface area contributed by atoms with Gasteiger partial charge in [0.1, 0.15) is 10.7 Å². The van der Waals surface area contributed by atoms with Gasteiger partial charge in [0.05, 0.1) is 11.9 Å². The minimum atomic E-state index is -3.69. The maximum atomic E-state index is 13.7. The molecular weight excluding hydrogens is 496 g/mol. The van der Waals surface area contributed by atoms with Gasteiger partial charge in [0.25, 0.3) is 0 Å². The van der Waals surface area contributed by atoms with E-state index in [1.54, 1.807) is 7.05 Å². The number of halogens is 2. The first-order valence-corrected chi connectivity index (χ1v) is 11.1. The van der Waals surface area contributed by atoms with Crippen LogP contribution in [0, 0.1) is 11.2 Å². The number of benzene rings is 1. The van der Waals surface area contributed by atoms with Crippen molar-refractivity contribution in [2.24, 2.45) is 10.4 Å². The van der Waals surface area contributed by atoms with Crippen molar-refractivity contribution in [3.63, 3.8) is 0 Å². The molecule has 0 saturated heterocycles. The molecule has 3 rings (SSSR count). The Kier molecular flexibility index (Phi) is 8.09. The summed E-state index contributed by atoms with van der Waals surface area (Å²) in [7, 11) is -2.03. The van der Waals surface area contributed by atoms with Crippen molar-refractivity contribution in [2.75, 3.05) is 26.0 Å². The topological polar surface area (TPSA) is 79.8 Å². The molecule has 2 saturated carbocycles. The Morgan fingerprint density at radius 1 is 1.36 bits per heavy atom. The lowest BCUT2D eigenvalue weighted by atomic mass is 9.51. The number of hydrogen-bond acceptors (Lipinski definition) is 4. The molecule has 0 radical (unpaired) electrons. The summed E-state index contributed by atoms with van der Waals surface area (Å²) >= 11 is 0. The summed E-state index contributed by atoms with van der Waals surface area (Å²) in [5.74, 6) is -0.347. The quantitative estimate of drug-likeness (QED) is 0.325. The Hall–Kier alpha value is -0.940. The molecule has 158 valence electrons. The highest BCUT2D eigenvalue weighted by Gasteiger charge is 2.59. The van der Waals surface area contributed by atoms with E-state index in [-0.39, 0.29) is 52.6 Å². The Morgan fingerprint density at radius 3 is 2.64 bits per heavy atom. The second kappa shape index (κ2) is 9.71. The van der Waals surface area contributed by atoms with Gasteiger partial charge in [-0.15, -0.1) is 24.0 Å². The third-order valence-corrected chi connectivity index (χ3v) is 7.55. The summed E-state index contributed by atoms with van der Waals surface area (Å²) in [6, 6.07) is 5.73. The minimum Gasteiger partial charge on any atom is -0.378 e. The zero-order chi connectivity index (χ0) is 19.5. The molecule has 6 nitrogen and oxygen atoms in total. The predicted molar refractivity (Wildman–Crippen MR) is 118 cm³/mol. The van der Waals surface area contributed by atoms with E-state index in [1.807, 2.05) is 6.92 Å². The van der Waals surface area contributed by atoms with Gasteiger partial charge < -0.3 is 15.4 Å². The molecule has 0 bridgehead atoms. The first-order chi connectivity index (χ1) is 12.9. The minimum absolute atomic E-state index is 0. The van der Waals surface area contributed by atoms with Crippen molar-refractivity contribution in [3.05, 3.63) is 30.1 Å². The van der Waals surface area contributed by atoms with Crippen molar-refractivity contribution < 1.29 is 17.5 Å². The van der Waals surface area contributed by atoms with Crippen LogP contribution < -0.4 is 10.6 Å². The fraction of sp³-hybridized carbons (Fsp3) is 0.632. The van der Waals surface area contributed by atoms with Gasteiger partial charge in [-0.05, 0) is 38.3 Å². The maximum Gasteiger partial charge on any atom is 0.191 e. The smallest absolute Gasteiger partial charge is 0.191 e. The van der Waals surface area contributed by atoms with Crippen LogP contribution in [0.4, 0.5) is 4.39 Å². The van der Waals surface area contributed by atoms with E-state index in [1.165, 1.54) is 24.6 Å². The SMILES string of the molecule is CCOC1CC(NC(=NC)NCCS(=O)(=O)c2ccccc2F)C12CCC2.I. The molecule has 2 aliphatic rings. The number of aliphatic imine (C=N–C) groups is 1. The first-order valence-electron chi connectivity index (χ1n) is 9.49. The Morgan fingerprint density at radius 2 is 2.07 bits per heavy atom. The second-order valence-corrected chi connectivity index (χ2v) is 9.29. The van der Waals surface area contributed by atoms with Crippen LogP contribution >= 0.6 is 24.0 Å². The van der Waals surface area contributed by atoms with E-state index >= 15 is 0 Å². The number of nitrogens with zero attached hydrogens (tertiary/aromatic N) is 1. The van der Waals surface area contributed by atoms with Gasteiger partial charge in [0, 0.05) is 31.7 Å². The van der Waals surface area contributed by atoms with Gasteiger partial charge >= 0.3 is 0 Å². The summed E-state index contributed by atoms with van der Waals surface area (Å²) in [6.07, 6.45) is 4.74. The van der Waals surface area contributed by atoms with E-state index < -0.39 is 15.7 Å². The molecule has 2 aliphatic carbocycles. The number of hydrogen-bond donors (Lipinski definition) is 2. The number of sulfone groups is 1. The summed E-state index contributed by atoms with van der Waals surface area (Å²) < 4.78 is 44.3. The molecular formula is C19H29FIN3O3S. The van der Waals surface area contributed by atoms with Crippen LogP contribution in [0.1, 0.15) is 32.6 Å². The normalized spacial score (nSPS) is 23.3. The standard InChI is InChI=1S/C19H28FN3O3S.HI/c1-3-26-17-13-16(19(17)9-6-10-19)23-18(21-2)22-11-12-27(24,25)15-8-5-4-7-14(15)20;/h4-5,7-8,16-17H,3,6,9-13H2,1-2H3,(H2,21,22,23);1H. The molecule has 0 amide bonds. The van der Waals surface area contributed by atoms with Gasteiger partial charge in [0.2, 0.25) is 0 Å². The highest BCUT2D eigenvalue weighted by Crippen LogP contribution is 2.57. The van der Waals surface area contributed by atoms with Crippen LogP contribution in [0.25, 0.3) is 0 Å². The Labute approximate surface area is 183 Å². The summed E-state index contributed by atoms with van der Waals surface area (Å²) in [5, 5.41) is 6.45. The molecule has 2 N–H and O–H groups in total. The molecule has 1 aromatic rings. The van der Waals surface area contributed by atoms with Gasteiger partial charge in [-0.3, -0.25) is 4.99 Å². The van der Waals surface area contributed by atoms with Crippen LogP contribution in [0.3, 0.4) is 0 Å². The predicted octanol–water partition coefficient (Wildman–Crippen LogP) is 2.73. The van der Waals surface area contributed by atoms with E-state index in [0.717, 1.165) is 31.9 Å².